The van der Waals surface area contributed by atoms with Crippen LogP contribution in [-0.2, 0) is 19.1 Å². The lowest BCUT2D eigenvalue weighted by molar-refractivity contribution is -0.160. The highest BCUT2D eigenvalue weighted by Crippen LogP contribution is 2.05. The Morgan fingerprint density at radius 1 is 1.15 bits per heavy atom. The molecule has 0 amide bonds. The standard InChI is InChI=1S/C8H14O4S/c1-3-11-7(9)6(5-13)8(10)12-4-2/h6,13H,3-5H2,1-2H3. The van der Waals surface area contributed by atoms with E-state index in [0.717, 1.165) is 0 Å². The number of hydrogen-bond donors (Lipinski definition) is 1. The van der Waals surface area contributed by atoms with Crippen LogP contribution in [0.4, 0.5) is 0 Å². The van der Waals surface area contributed by atoms with Gasteiger partial charge in [-0.15, -0.1) is 0 Å². The molecule has 0 rings (SSSR count). The zero-order chi connectivity index (χ0) is 10.3. The summed E-state index contributed by atoms with van der Waals surface area (Å²) in [6, 6.07) is 0. The maximum atomic E-state index is 11.1. The van der Waals surface area contributed by atoms with Gasteiger partial charge in [0.15, 0.2) is 5.92 Å². The van der Waals surface area contributed by atoms with Crippen molar-refractivity contribution in [3.8, 4) is 0 Å². The fraction of sp³-hybridized carbons (Fsp3) is 0.750. The molecule has 0 aromatic heterocycles. The Labute approximate surface area is 83.0 Å². The quantitative estimate of drug-likeness (QED) is 0.408. The molecule has 0 aliphatic rings. The van der Waals surface area contributed by atoms with Gasteiger partial charge in [-0.05, 0) is 13.8 Å². The first kappa shape index (κ1) is 12.3. The van der Waals surface area contributed by atoms with Gasteiger partial charge in [-0.3, -0.25) is 9.59 Å². The van der Waals surface area contributed by atoms with Crippen molar-refractivity contribution in [3.05, 3.63) is 0 Å². The largest absolute Gasteiger partial charge is 0.465 e. The fourth-order valence-corrected chi connectivity index (χ4v) is 1.03. The molecule has 0 aromatic rings. The molecule has 0 aromatic carbocycles. The first-order chi connectivity index (χ1) is 6.17. The van der Waals surface area contributed by atoms with Gasteiger partial charge < -0.3 is 9.47 Å². The van der Waals surface area contributed by atoms with E-state index in [-0.39, 0.29) is 19.0 Å². The van der Waals surface area contributed by atoms with E-state index in [2.05, 4.69) is 22.1 Å². The molecule has 0 N–H and O–H groups in total. The van der Waals surface area contributed by atoms with Gasteiger partial charge >= 0.3 is 11.9 Å². The lowest BCUT2D eigenvalue weighted by Gasteiger charge is -2.11. The third kappa shape index (κ3) is 4.17. The second-order valence-electron chi connectivity index (χ2n) is 2.24. The summed E-state index contributed by atoms with van der Waals surface area (Å²) in [6.45, 7) is 3.86. The number of thiol groups is 1. The monoisotopic (exact) mass is 206 g/mol. The van der Waals surface area contributed by atoms with E-state index in [1.54, 1.807) is 13.8 Å². The Bertz CT molecular complexity index is 163. The van der Waals surface area contributed by atoms with Gasteiger partial charge in [-0.1, -0.05) is 0 Å². The molecule has 0 spiro atoms. The summed E-state index contributed by atoms with van der Waals surface area (Å²) in [4.78, 5) is 22.2. The smallest absolute Gasteiger partial charge is 0.321 e. The van der Waals surface area contributed by atoms with Crippen LogP contribution >= 0.6 is 12.6 Å². The highest BCUT2D eigenvalue weighted by atomic mass is 32.1. The van der Waals surface area contributed by atoms with Crippen LogP contribution in [0.1, 0.15) is 13.8 Å². The fourth-order valence-electron chi connectivity index (χ4n) is 0.731. The molecule has 5 heteroatoms. The summed E-state index contributed by atoms with van der Waals surface area (Å²) in [6.07, 6.45) is 0. The van der Waals surface area contributed by atoms with Gasteiger partial charge in [0, 0.05) is 5.75 Å². The Kier molecular flexibility index (Phi) is 6.40. The third-order valence-electron chi connectivity index (χ3n) is 1.32. The number of hydrogen-bond acceptors (Lipinski definition) is 5. The van der Waals surface area contributed by atoms with Crippen LogP contribution in [0.15, 0.2) is 0 Å². The van der Waals surface area contributed by atoms with Crippen LogP contribution in [0.25, 0.3) is 0 Å². The molecule has 76 valence electrons. The summed E-state index contributed by atoms with van der Waals surface area (Å²) in [7, 11) is 0. The van der Waals surface area contributed by atoms with E-state index in [9.17, 15) is 9.59 Å². The van der Waals surface area contributed by atoms with Crippen molar-refractivity contribution in [3.63, 3.8) is 0 Å². The number of rotatable bonds is 5. The van der Waals surface area contributed by atoms with E-state index in [0.29, 0.717) is 0 Å². The topological polar surface area (TPSA) is 52.6 Å². The summed E-state index contributed by atoms with van der Waals surface area (Å²) in [5.41, 5.74) is 0. The van der Waals surface area contributed by atoms with Crippen molar-refractivity contribution in [1.29, 1.82) is 0 Å². The number of carbonyl (C=O) groups excluding carboxylic acids is 2. The molecular weight excluding hydrogens is 192 g/mol. The molecule has 4 nitrogen and oxygen atoms in total. The van der Waals surface area contributed by atoms with Gasteiger partial charge in [-0.2, -0.15) is 12.6 Å². The average Bonchev–Trinajstić information content (AvgIpc) is 2.06. The molecule has 13 heavy (non-hydrogen) atoms. The van der Waals surface area contributed by atoms with E-state index < -0.39 is 17.9 Å². The minimum atomic E-state index is -0.900. The lowest BCUT2D eigenvalue weighted by atomic mass is 10.2. The summed E-state index contributed by atoms with van der Waals surface area (Å²) in [5, 5.41) is 0. The second-order valence-corrected chi connectivity index (χ2v) is 2.60. The maximum absolute atomic E-state index is 11.1. The number of esters is 2. The molecule has 0 aliphatic carbocycles. The Hall–Kier alpha value is -0.710. The molecule has 0 aliphatic heterocycles. The predicted molar refractivity (Wildman–Crippen MR) is 50.6 cm³/mol. The minimum Gasteiger partial charge on any atom is -0.465 e. The third-order valence-corrected chi connectivity index (χ3v) is 1.69. The molecule has 0 bridgehead atoms. The van der Waals surface area contributed by atoms with Gasteiger partial charge in [-0.25, -0.2) is 0 Å². The van der Waals surface area contributed by atoms with E-state index >= 15 is 0 Å². The second kappa shape index (κ2) is 6.77. The zero-order valence-corrected chi connectivity index (χ0v) is 8.67. The van der Waals surface area contributed by atoms with Crippen molar-refractivity contribution in [2.75, 3.05) is 19.0 Å². The van der Waals surface area contributed by atoms with Gasteiger partial charge in [0.1, 0.15) is 0 Å². The van der Waals surface area contributed by atoms with Crippen LogP contribution < -0.4 is 0 Å². The molecular formula is C8H14O4S. The number of ether oxygens (including phenoxy) is 2. The van der Waals surface area contributed by atoms with Crippen molar-refractivity contribution >= 4 is 24.6 Å². The molecule has 0 saturated carbocycles. The van der Waals surface area contributed by atoms with E-state index in [1.807, 2.05) is 0 Å². The van der Waals surface area contributed by atoms with Gasteiger partial charge in [0.05, 0.1) is 13.2 Å². The number of carbonyl (C=O) groups is 2. The van der Waals surface area contributed by atoms with Gasteiger partial charge in [0.2, 0.25) is 0 Å². The van der Waals surface area contributed by atoms with Crippen LogP contribution in [0, 0.1) is 5.92 Å². The molecule has 0 unspecified atom stereocenters. The van der Waals surface area contributed by atoms with E-state index in [1.165, 1.54) is 0 Å². The zero-order valence-electron chi connectivity index (χ0n) is 7.78. The summed E-state index contributed by atoms with van der Waals surface area (Å²) >= 11 is 3.88. The van der Waals surface area contributed by atoms with Crippen molar-refractivity contribution in [2.24, 2.45) is 5.92 Å². The Morgan fingerprint density at radius 2 is 1.54 bits per heavy atom. The average molecular weight is 206 g/mol. The Morgan fingerprint density at radius 3 is 1.77 bits per heavy atom. The first-order valence-corrected chi connectivity index (χ1v) is 4.74. The molecule has 0 radical (unpaired) electrons. The SMILES string of the molecule is CCOC(=O)C(CS)C(=O)OCC. The predicted octanol–water partition coefficient (Wildman–Crippen LogP) is 0.659. The van der Waals surface area contributed by atoms with Crippen molar-refractivity contribution in [1.82, 2.24) is 0 Å². The van der Waals surface area contributed by atoms with Crippen LogP contribution in [0.2, 0.25) is 0 Å². The Balaban J connectivity index is 4.15. The summed E-state index contributed by atoms with van der Waals surface area (Å²) in [5.74, 6) is -1.94. The van der Waals surface area contributed by atoms with E-state index in [4.69, 9.17) is 0 Å². The minimum absolute atomic E-state index is 0.109. The van der Waals surface area contributed by atoms with Crippen LogP contribution in [0.3, 0.4) is 0 Å². The van der Waals surface area contributed by atoms with Crippen molar-refractivity contribution < 1.29 is 19.1 Å². The van der Waals surface area contributed by atoms with Crippen molar-refractivity contribution in [2.45, 2.75) is 13.8 Å². The molecule has 0 fully saturated rings. The molecule has 0 atom stereocenters. The maximum Gasteiger partial charge on any atom is 0.321 e. The van der Waals surface area contributed by atoms with Crippen LogP contribution in [-0.4, -0.2) is 30.9 Å². The molecule has 0 saturated heterocycles. The van der Waals surface area contributed by atoms with Crippen LogP contribution in [0.5, 0.6) is 0 Å². The first-order valence-electron chi connectivity index (χ1n) is 4.11. The van der Waals surface area contributed by atoms with Gasteiger partial charge in [0.25, 0.3) is 0 Å². The molecule has 0 heterocycles. The normalized spacial score (nSPS) is 9.85. The highest BCUT2D eigenvalue weighted by molar-refractivity contribution is 7.80. The highest BCUT2D eigenvalue weighted by Gasteiger charge is 2.27. The summed E-state index contributed by atoms with van der Waals surface area (Å²) < 4.78 is 9.35. The lowest BCUT2D eigenvalue weighted by Crippen LogP contribution is -2.29.